The number of amides is 2. The summed E-state index contributed by atoms with van der Waals surface area (Å²) in [5.41, 5.74) is 0.665. The number of hydrogen-bond acceptors (Lipinski definition) is 2. The minimum Gasteiger partial charge on any atom is -0.350 e. The van der Waals surface area contributed by atoms with Gasteiger partial charge < -0.3 is 10.2 Å². The second kappa shape index (κ2) is 6.87. The van der Waals surface area contributed by atoms with Gasteiger partial charge in [0.1, 0.15) is 11.9 Å². The van der Waals surface area contributed by atoms with Gasteiger partial charge in [-0.05, 0) is 37.0 Å². The first-order valence-corrected chi connectivity index (χ1v) is 8.47. The summed E-state index contributed by atoms with van der Waals surface area (Å²) in [7, 11) is 0. The van der Waals surface area contributed by atoms with E-state index in [1.165, 1.54) is 12.1 Å². The summed E-state index contributed by atoms with van der Waals surface area (Å²) in [6, 6.07) is 3.93. The number of halogens is 2. The van der Waals surface area contributed by atoms with E-state index in [0.29, 0.717) is 23.4 Å². The Labute approximate surface area is 140 Å². The molecule has 3 rings (SSSR count). The zero-order valence-electron chi connectivity index (χ0n) is 12.9. The molecule has 2 aliphatic rings. The fraction of sp³-hybridized carbons (Fsp3) is 0.529. The van der Waals surface area contributed by atoms with Crippen molar-refractivity contribution in [2.45, 2.75) is 57.2 Å². The molecule has 1 N–H and O–H groups in total. The predicted molar refractivity (Wildman–Crippen MR) is 85.4 cm³/mol. The molecule has 1 aliphatic carbocycles. The van der Waals surface area contributed by atoms with Gasteiger partial charge in [0.15, 0.2) is 0 Å². The van der Waals surface area contributed by atoms with Crippen LogP contribution in [0.15, 0.2) is 18.2 Å². The first-order valence-electron chi connectivity index (χ1n) is 8.09. The molecule has 1 atom stereocenters. The zero-order chi connectivity index (χ0) is 16.4. The van der Waals surface area contributed by atoms with Crippen LogP contribution >= 0.6 is 11.6 Å². The number of benzene rings is 1. The van der Waals surface area contributed by atoms with Gasteiger partial charge in [0.05, 0.1) is 0 Å². The highest BCUT2D eigenvalue weighted by Crippen LogP contribution is 2.31. The van der Waals surface area contributed by atoms with Crippen molar-refractivity contribution in [1.82, 2.24) is 10.2 Å². The topological polar surface area (TPSA) is 49.4 Å². The van der Waals surface area contributed by atoms with Gasteiger partial charge in [-0.1, -0.05) is 30.5 Å². The van der Waals surface area contributed by atoms with Gasteiger partial charge in [-0.25, -0.2) is 4.39 Å². The van der Waals surface area contributed by atoms with E-state index in [4.69, 9.17) is 11.6 Å². The number of hydrogen-bond donors (Lipinski definition) is 1. The average Bonchev–Trinajstić information content (AvgIpc) is 3.15. The van der Waals surface area contributed by atoms with E-state index < -0.39 is 5.82 Å². The van der Waals surface area contributed by atoms with Gasteiger partial charge in [-0.2, -0.15) is 0 Å². The Kier molecular flexibility index (Phi) is 4.85. The minimum absolute atomic E-state index is 0.0804. The zero-order valence-corrected chi connectivity index (χ0v) is 13.6. The number of nitrogens with zero attached hydrogens (tertiary/aromatic N) is 1. The molecule has 23 heavy (non-hydrogen) atoms. The molecule has 2 fully saturated rings. The molecule has 1 heterocycles. The lowest BCUT2D eigenvalue weighted by Crippen LogP contribution is -2.48. The number of rotatable bonds is 4. The van der Waals surface area contributed by atoms with Crippen molar-refractivity contribution < 1.29 is 14.0 Å². The van der Waals surface area contributed by atoms with Crippen LogP contribution in [0.5, 0.6) is 0 Å². The number of likely N-dealkylation sites (tertiary alicyclic amines) is 1. The fourth-order valence-electron chi connectivity index (χ4n) is 3.57. The van der Waals surface area contributed by atoms with E-state index in [0.717, 1.165) is 25.7 Å². The predicted octanol–water partition coefficient (Wildman–Crippen LogP) is 3.03. The summed E-state index contributed by atoms with van der Waals surface area (Å²) in [6.45, 7) is 0.237. The molecule has 2 amide bonds. The quantitative estimate of drug-likeness (QED) is 0.917. The van der Waals surface area contributed by atoms with Gasteiger partial charge in [-0.15, -0.1) is 0 Å². The third kappa shape index (κ3) is 3.50. The highest BCUT2D eigenvalue weighted by molar-refractivity contribution is 6.31. The van der Waals surface area contributed by atoms with Crippen molar-refractivity contribution in [1.29, 1.82) is 0 Å². The van der Waals surface area contributed by atoms with E-state index in [1.54, 1.807) is 11.0 Å². The Bertz CT molecular complexity index is 617. The summed E-state index contributed by atoms with van der Waals surface area (Å²) < 4.78 is 13.0. The van der Waals surface area contributed by atoms with Crippen molar-refractivity contribution in [3.05, 3.63) is 34.6 Å². The third-order valence-electron chi connectivity index (χ3n) is 4.74. The monoisotopic (exact) mass is 338 g/mol. The molecule has 124 valence electrons. The number of carbonyl (C=O) groups excluding carboxylic acids is 2. The van der Waals surface area contributed by atoms with Gasteiger partial charge in [0, 0.05) is 24.0 Å². The molecular weight excluding hydrogens is 319 g/mol. The van der Waals surface area contributed by atoms with Crippen LogP contribution in [0.2, 0.25) is 5.02 Å². The summed E-state index contributed by atoms with van der Waals surface area (Å²) in [5.74, 6) is -0.473. The molecule has 0 bridgehead atoms. The maximum Gasteiger partial charge on any atom is 0.243 e. The molecule has 0 unspecified atom stereocenters. The molecule has 6 heteroatoms. The molecule has 0 spiro atoms. The summed E-state index contributed by atoms with van der Waals surface area (Å²) >= 11 is 5.97. The molecule has 1 saturated heterocycles. The Balaban J connectivity index is 1.63. The maximum atomic E-state index is 13.0. The lowest BCUT2D eigenvalue weighted by molar-refractivity contribution is -0.137. The van der Waals surface area contributed by atoms with Crippen molar-refractivity contribution in [3.63, 3.8) is 0 Å². The van der Waals surface area contributed by atoms with Gasteiger partial charge in [-0.3, -0.25) is 9.59 Å². The van der Waals surface area contributed by atoms with Crippen LogP contribution in [0.3, 0.4) is 0 Å². The minimum atomic E-state index is -0.404. The molecule has 1 aliphatic heterocycles. The lowest BCUT2D eigenvalue weighted by Gasteiger charge is -2.30. The van der Waals surface area contributed by atoms with Crippen LogP contribution in [0.4, 0.5) is 4.39 Å². The fourth-order valence-corrected chi connectivity index (χ4v) is 3.80. The number of carbonyl (C=O) groups is 2. The van der Waals surface area contributed by atoms with E-state index in [9.17, 15) is 14.0 Å². The highest BCUT2D eigenvalue weighted by atomic mass is 35.5. The standard InChI is InChI=1S/C17H20ClFN2O2/c18-14-9-12(19)6-5-11(14)10-20-17(23)15-7-8-16(22)21(15)13-3-1-2-4-13/h5-6,9,13,15H,1-4,7-8,10H2,(H,20,23)/t15-/m0/s1. The molecule has 1 saturated carbocycles. The summed E-state index contributed by atoms with van der Waals surface area (Å²) in [6.07, 6.45) is 5.21. The van der Waals surface area contributed by atoms with Crippen molar-refractivity contribution in [2.24, 2.45) is 0 Å². The second-order valence-electron chi connectivity index (χ2n) is 6.25. The smallest absolute Gasteiger partial charge is 0.243 e. The maximum absolute atomic E-state index is 13.0. The Morgan fingerprint density at radius 2 is 2.04 bits per heavy atom. The van der Waals surface area contributed by atoms with Crippen LogP contribution < -0.4 is 5.32 Å². The first-order chi connectivity index (χ1) is 11.1. The van der Waals surface area contributed by atoms with E-state index >= 15 is 0 Å². The summed E-state index contributed by atoms with van der Waals surface area (Å²) in [5, 5.41) is 3.13. The highest BCUT2D eigenvalue weighted by Gasteiger charge is 2.40. The lowest BCUT2D eigenvalue weighted by atomic mass is 10.1. The Morgan fingerprint density at radius 3 is 2.74 bits per heavy atom. The van der Waals surface area contributed by atoms with Gasteiger partial charge >= 0.3 is 0 Å². The molecular formula is C17H20ClFN2O2. The molecule has 0 radical (unpaired) electrons. The van der Waals surface area contributed by atoms with Crippen LogP contribution in [0.1, 0.15) is 44.1 Å². The van der Waals surface area contributed by atoms with E-state index in [1.807, 2.05) is 0 Å². The molecule has 0 aromatic heterocycles. The number of nitrogens with one attached hydrogen (secondary N) is 1. The van der Waals surface area contributed by atoms with Crippen LogP contribution in [0.25, 0.3) is 0 Å². The van der Waals surface area contributed by atoms with Crippen molar-refractivity contribution in [2.75, 3.05) is 0 Å². The third-order valence-corrected chi connectivity index (χ3v) is 5.10. The van der Waals surface area contributed by atoms with E-state index in [-0.39, 0.29) is 30.4 Å². The summed E-state index contributed by atoms with van der Waals surface area (Å²) in [4.78, 5) is 26.4. The average molecular weight is 339 g/mol. The molecule has 1 aromatic rings. The molecule has 1 aromatic carbocycles. The Morgan fingerprint density at radius 1 is 1.30 bits per heavy atom. The molecule has 4 nitrogen and oxygen atoms in total. The van der Waals surface area contributed by atoms with Gasteiger partial charge in [0.2, 0.25) is 11.8 Å². The normalized spacial score (nSPS) is 21.9. The van der Waals surface area contributed by atoms with Crippen LogP contribution in [-0.2, 0) is 16.1 Å². The van der Waals surface area contributed by atoms with Gasteiger partial charge in [0.25, 0.3) is 0 Å². The largest absolute Gasteiger partial charge is 0.350 e. The SMILES string of the molecule is O=C(NCc1ccc(F)cc1Cl)[C@@H]1CCC(=O)N1C1CCCC1. The second-order valence-corrected chi connectivity index (χ2v) is 6.65. The van der Waals surface area contributed by atoms with Crippen molar-refractivity contribution in [3.8, 4) is 0 Å². The van der Waals surface area contributed by atoms with Crippen LogP contribution in [-0.4, -0.2) is 28.8 Å². The Hall–Kier alpha value is -1.62. The van der Waals surface area contributed by atoms with Crippen molar-refractivity contribution >= 4 is 23.4 Å². The van der Waals surface area contributed by atoms with Crippen LogP contribution in [0, 0.1) is 5.82 Å². The van der Waals surface area contributed by atoms with E-state index in [2.05, 4.69) is 5.32 Å². The first kappa shape index (κ1) is 16.2.